The Hall–Kier alpha value is -2.81. The first-order valence-corrected chi connectivity index (χ1v) is 12.7. The lowest BCUT2D eigenvalue weighted by Crippen LogP contribution is -2.61. The summed E-state index contributed by atoms with van der Waals surface area (Å²) in [6, 6.07) is 20.5. The van der Waals surface area contributed by atoms with Crippen molar-refractivity contribution in [2.45, 2.75) is 72.3 Å². The maximum atomic E-state index is 14.3. The average Bonchev–Trinajstić information content (AvgIpc) is 3.00. The van der Waals surface area contributed by atoms with Crippen LogP contribution in [-0.2, 0) is 0 Å². The highest BCUT2D eigenvalue weighted by Crippen LogP contribution is 2.67. The highest BCUT2D eigenvalue weighted by Gasteiger charge is 2.64. The van der Waals surface area contributed by atoms with Crippen LogP contribution in [0.25, 0.3) is 0 Å². The van der Waals surface area contributed by atoms with Gasteiger partial charge in [-0.3, -0.25) is 9.80 Å². The molecule has 2 atom stereocenters. The predicted molar refractivity (Wildman–Crippen MR) is 138 cm³/mol. The minimum atomic E-state index is -0.196. The van der Waals surface area contributed by atoms with Crippen molar-refractivity contribution in [1.29, 1.82) is 0 Å². The van der Waals surface area contributed by atoms with E-state index in [2.05, 4.69) is 81.0 Å². The molecule has 1 aliphatic heterocycles. The molecule has 6 rings (SSSR count). The number of hydrogen-bond acceptors (Lipinski definition) is 2. The third-order valence-corrected chi connectivity index (χ3v) is 8.34. The fourth-order valence-corrected chi connectivity index (χ4v) is 8.12. The van der Waals surface area contributed by atoms with Gasteiger partial charge in [0.2, 0.25) is 0 Å². The standard InChI is InChI=1S/C31H36N2O/c1-28(2)16-23-17-30(5)19-29(3,4)20-31(21-30)26(23)25(18-28)32(27(34)22-12-8-6-9-13-22)33(31)24-14-10-7-11-15-24/h6-15,17H,16,18-21H2,1-5H3. The molecule has 176 valence electrons. The molecule has 4 aliphatic rings. The maximum absolute atomic E-state index is 14.3. The molecule has 3 nitrogen and oxygen atoms in total. The van der Waals surface area contributed by atoms with Gasteiger partial charge in [0.05, 0.1) is 16.9 Å². The van der Waals surface area contributed by atoms with Crippen molar-refractivity contribution in [3.05, 3.63) is 89.1 Å². The van der Waals surface area contributed by atoms with Crippen molar-refractivity contribution in [3.8, 4) is 0 Å². The van der Waals surface area contributed by atoms with E-state index in [0.717, 1.165) is 36.9 Å². The number of carbonyl (C=O) groups excluding carboxylic acids is 1. The van der Waals surface area contributed by atoms with Gasteiger partial charge in [-0.2, -0.15) is 0 Å². The van der Waals surface area contributed by atoms with Crippen LogP contribution in [0.15, 0.2) is 83.6 Å². The number of hydrogen-bond donors (Lipinski definition) is 0. The summed E-state index contributed by atoms with van der Waals surface area (Å²) in [5.74, 6) is 0.0814. The van der Waals surface area contributed by atoms with Crippen LogP contribution < -0.4 is 5.01 Å². The van der Waals surface area contributed by atoms with Crippen LogP contribution in [0.1, 0.15) is 77.1 Å². The second kappa shape index (κ2) is 6.87. The molecule has 0 N–H and O–H groups in total. The molecule has 0 aromatic heterocycles. The minimum Gasteiger partial charge on any atom is -0.268 e. The summed E-state index contributed by atoms with van der Waals surface area (Å²) in [5, 5.41) is 4.50. The van der Waals surface area contributed by atoms with Crippen molar-refractivity contribution in [2.24, 2.45) is 16.2 Å². The van der Waals surface area contributed by atoms with E-state index in [1.54, 1.807) is 0 Å². The number of amides is 1. The molecular formula is C31H36N2O. The quantitative estimate of drug-likeness (QED) is 0.470. The number of hydrazine groups is 1. The number of carbonyl (C=O) groups is 1. The van der Waals surface area contributed by atoms with E-state index in [1.807, 2.05) is 30.3 Å². The normalized spacial score (nSPS) is 30.7. The predicted octanol–water partition coefficient (Wildman–Crippen LogP) is 7.53. The summed E-state index contributed by atoms with van der Waals surface area (Å²) in [6.07, 6.45) is 7.89. The third kappa shape index (κ3) is 3.12. The molecule has 1 saturated carbocycles. The van der Waals surface area contributed by atoms with Crippen LogP contribution in [0.2, 0.25) is 0 Å². The highest BCUT2D eigenvalue weighted by molar-refractivity contribution is 5.98. The summed E-state index contributed by atoms with van der Waals surface area (Å²) < 4.78 is 0. The van der Waals surface area contributed by atoms with Crippen LogP contribution >= 0.6 is 0 Å². The number of benzene rings is 2. The van der Waals surface area contributed by atoms with Crippen LogP contribution in [0, 0.1) is 16.2 Å². The molecule has 3 aliphatic carbocycles. The minimum absolute atomic E-state index is 0.0814. The smallest absolute Gasteiger partial charge is 0.268 e. The van der Waals surface area contributed by atoms with Crippen molar-refractivity contribution in [1.82, 2.24) is 5.01 Å². The first-order chi connectivity index (χ1) is 16.0. The maximum Gasteiger partial charge on any atom is 0.276 e. The van der Waals surface area contributed by atoms with Crippen molar-refractivity contribution < 1.29 is 4.79 Å². The van der Waals surface area contributed by atoms with E-state index in [4.69, 9.17) is 0 Å². The molecular weight excluding hydrogens is 416 g/mol. The Morgan fingerprint density at radius 2 is 1.41 bits per heavy atom. The van der Waals surface area contributed by atoms with E-state index < -0.39 is 0 Å². The molecule has 2 aromatic rings. The van der Waals surface area contributed by atoms with E-state index in [0.29, 0.717) is 0 Å². The Bertz CT molecular complexity index is 1220. The molecule has 1 spiro atoms. The van der Waals surface area contributed by atoms with Crippen LogP contribution in [0.3, 0.4) is 0 Å². The number of anilines is 1. The summed E-state index contributed by atoms with van der Waals surface area (Å²) in [4.78, 5) is 14.3. The molecule has 1 heterocycles. The molecule has 0 saturated heterocycles. The Labute approximate surface area is 204 Å². The van der Waals surface area contributed by atoms with E-state index in [9.17, 15) is 4.79 Å². The molecule has 0 radical (unpaired) electrons. The van der Waals surface area contributed by atoms with Gasteiger partial charge in [-0.25, -0.2) is 5.01 Å². The zero-order valence-electron chi connectivity index (χ0n) is 21.2. The Morgan fingerprint density at radius 3 is 2.09 bits per heavy atom. The van der Waals surface area contributed by atoms with Gasteiger partial charge in [0.15, 0.2) is 0 Å². The molecule has 2 unspecified atom stereocenters. The van der Waals surface area contributed by atoms with Crippen molar-refractivity contribution in [3.63, 3.8) is 0 Å². The summed E-state index contributed by atoms with van der Waals surface area (Å²) >= 11 is 0. The third-order valence-electron chi connectivity index (χ3n) is 8.34. The lowest BCUT2D eigenvalue weighted by atomic mass is 9.50. The topological polar surface area (TPSA) is 23.6 Å². The Balaban J connectivity index is 1.64. The Morgan fingerprint density at radius 1 is 0.765 bits per heavy atom. The second-order valence-corrected chi connectivity index (χ2v) is 13.0. The summed E-state index contributed by atoms with van der Waals surface area (Å²) in [5.41, 5.74) is 6.24. The van der Waals surface area contributed by atoms with E-state index >= 15 is 0 Å². The van der Waals surface area contributed by atoms with E-state index in [1.165, 1.54) is 23.3 Å². The molecule has 3 heteroatoms. The van der Waals surface area contributed by atoms with Gasteiger partial charge in [0, 0.05) is 11.1 Å². The molecule has 34 heavy (non-hydrogen) atoms. The van der Waals surface area contributed by atoms with Gasteiger partial charge >= 0.3 is 0 Å². The number of allylic oxidation sites excluding steroid dienone is 2. The zero-order valence-corrected chi connectivity index (χ0v) is 21.2. The number of fused-ring (bicyclic) bond motifs is 1. The van der Waals surface area contributed by atoms with Crippen LogP contribution in [0.4, 0.5) is 5.69 Å². The fourth-order valence-electron chi connectivity index (χ4n) is 8.12. The first-order valence-electron chi connectivity index (χ1n) is 12.7. The average molecular weight is 453 g/mol. The van der Waals surface area contributed by atoms with Gasteiger partial charge in [-0.05, 0) is 78.2 Å². The largest absolute Gasteiger partial charge is 0.276 e. The highest BCUT2D eigenvalue weighted by atomic mass is 16.2. The zero-order chi connectivity index (χ0) is 23.9. The summed E-state index contributed by atoms with van der Waals surface area (Å²) in [7, 11) is 0. The van der Waals surface area contributed by atoms with Gasteiger partial charge in [0.1, 0.15) is 0 Å². The first kappa shape index (κ1) is 21.7. The van der Waals surface area contributed by atoms with Gasteiger partial charge in [-0.15, -0.1) is 0 Å². The van der Waals surface area contributed by atoms with Gasteiger partial charge in [0.25, 0.3) is 5.91 Å². The second-order valence-electron chi connectivity index (χ2n) is 13.0. The molecule has 2 aromatic carbocycles. The number of rotatable bonds is 2. The van der Waals surface area contributed by atoms with Crippen LogP contribution in [0.5, 0.6) is 0 Å². The van der Waals surface area contributed by atoms with Gasteiger partial charge < -0.3 is 0 Å². The molecule has 1 fully saturated rings. The van der Waals surface area contributed by atoms with Crippen molar-refractivity contribution >= 4 is 11.6 Å². The lowest BCUT2D eigenvalue weighted by Gasteiger charge is -2.59. The summed E-state index contributed by atoms with van der Waals surface area (Å²) in [6.45, 7) is 12.0. The monoisotopic (exact) mass is 452 g/mol. The SMILES string of the molecule is CC1(C)CC2=CC3(C)CC(C)(C)CC4(C3)C2=C(C1)N(C(=O)c1ccccc1)N4c1ccccc1. The van der Waals surface area contributed by atoms with Crippen molar-refractivity contribution in [2.75, 3.05) is 5.01 Å². The lowest BCUT2D eigenvalue weighted by molar-refractivity contribution is 0.0522. The molecule has 2 bridgehead atoms. The van der Waals surface area contributed by atoms with Crippen LogP contribution in [-0.4, -0.2) is 16.5 Å². The van der Waals surface area contributed by atoms with Gasteiger partial charge in [-0.1, -0.05) is 77.1 Å². The number of para-hydroxylation sites is 1. The Kier molecular flexibility index (Phi) is 4.39. The molecule has 1 amide bonds. The fraction of sp³-hybridized carbons (Fsp3) is 0.452. The van der Waals surface area contributed by atoms with E-state index in [-0.39, 0.29) is 27.7 Å². The number of nitrogens with zero attached hydrogens (tertiary/aromatic N) is 2.